The number of fused-ring (bicyclic) bond motifs is 1. The molecular formula is C24H31F2N9O. The highest BCUT2D eigenvalue weighted by atomic mass is 19.1. The van der Waals surface area contributed by atoms with Crippen LogP contribution in [0.4, 0.5) is 26.2 Å². The van der Waals surface area contributed by atoms with Gasteiger partial charge in [0.05, 0.1) is 17.6 Å². The minimum absolute atomic E-state index is 0.0145. The SMILES string of the molecule is CCc1cc(F)c(Nc2ncc(F)c(NC3CC4CCCN4C(C)(C)C3)n2)cc1-n1nnn(C)c1=O. The molecule has 2 fully saturated rings. The molecule has 2 N–H and O–H groups in total. The van der Waals surface area contributed by atoms with Gasteiger partial charge >= 0.3 is 5.69 Å². The first-order chi connectivity index (χ1) is 17.2. The number of hydrogen-bond donors (Lipinski definition) is 2. The molecule has 2 saturated heterocycles. The van der Waals surface area contributed by atoms with Crippen LogP contribution in [0.2, 0.25) is 0 Å². The van der Waals surface area contributed by atoms with Gasteiger partial charge < -0.3 is 10.6 Å². The first-order valence-electron chi connectivity index (χ1n) is 12.3. The largest absolute Gasteiger partial charge is 0.368 e. The van der Waals surface area contributed by atoms with Crippen LogP contribution in [0.3, 0.4) is 0 Å². The molecule has 192 valence electrons. The van der Waals surface area contributed by atoms with E-state index in [1.165, 1.54) is 25.6 Å². The summed E-state index contributed by atoms with van der Waals surface area (Å²) in [4.78, 5) is 23.3. The van der Waals surface area contributed by atoms with Crippen molar-refractivity contribution in [2.24, 2.45) is 7.05 Å². The highest BCUT2D eigenvalue weighted by Gasteiger charge is 2.43. The predicted molar refractivity (Wildman–Crippen MR) is 132 cm³/mol. The maximum atomic E-state index is 14.9. The number of hydrogen-bond acceptors (Lipinski definition) is 8. The molecule has 0 bridgehead atoms. The van der Waals surface area contributed by atoms with Crippen molar-refractivity contribution in [1.82, 2.24) is 34.7 Å². The lowest BCUT2D eigenvalue weighted by molar-refractivity contribution is 0.0500. The summed E-state index contributed by atoms with van der Waals surface area (Å²) in [6, 6.07) is 3.33. The van der Waals surface area contributed by atoms with Crippen LogP contribution in [0, 0.1) is 11.6 Å². The average molecular weight is 500 g/mol. The van der Waals surface area contributed by atoms with Crippen LogP contribution >= 0.6 is 0 Å². The monoisotopic (exact) mass is 499 g/mol. The second kappa shape index (κ2) is 9.23. The molecule has 0 saturated carbocycles. The van der Waals surface area contributed by atoms with Crippen LogP contribution in [0.5, 0.6) is 0 Å². The summed E-state index contributed by atoms with van der Waals surface area (Å²) in [6.45, 7) is 7.41. The fraction of sp³-hybridized carbons (Fsp3) is 0.542. The molecule has 2 aromatic heterocycles. The van der Waals surface area contributed by atoms with Crippen molar-refractivity contribution < 1.29 is 8.78 Å². The normalized spacial score (nSPS) is 21.4. The molecular weight excluding hydrogens is 468 g/mol. The van der Waals surface area contributed by atoms with Crippen LogP contribution in [-0.2, 0) is 13.5 Å². The Hall–Kier alpha value is -3.41. The molecule has 2 aliphatic rings. The molecule has 5 rings (SSSR count). The molecule has 0 spiro atoms. The van der Waals surface area contributed by atoms with Crippen LogP contribution in [0.25, 0.3) is 5.69 Å². The highest BCUT2D eigenvalue weighted by Crippen LogP contribution is 2.38. The van der Waals surface area contributed by atoms with E-state index in [9.17, 15) is 13.6 Å². The topological polar surface area (TPSA) is 106 Å². The number of nitrogens with zero attached hydrogens (tertiary/aromatic N) is 7. The molecule has 0 radical (unpaired) electrons. The van der Waals surface area contributed by atoms with E-state index < -0.39 is 17.3 Å². The number of aromatic nitrogens is 6. The van der Waals surface area contributed by atoms with Crippen molar-refractivity contribution in [2.45, 2.75) is 70.5 Å². The fourth-order valence-corrected chi connectivity index (χ4v) is 5.61. The summed E-state index contributed by atoms with van der Waals surface area (Å²) in [7, 11) is 1.48. The van der Waals surface area contributed by atoms with Crippen molar-refractivity contribution >= 4 is 17.5 Å². The number of rotatable bonds is 6. The number of aryl methyl sites for hydroxylation is 2. The summed E-state index contributed by atoms with van der Waals surface area (Å²) in [5.41, 5.74) is 0.579. The standard InChI is InChI=1S/C24H31F2N9O/c1-5-14-9-17(25)19(11-20(14)35-23(36)33(4)31-32-35)29-22-27-13-18(26)21(30-22)28-15-10-16-7-6-8-34(16)24(2,3)12-15/h9,11,13,15-16H,5-8,10,12H2,1-4H3,(H2,27,28,29,30). The van der Waals surface area contributed by atoms with E-state index in [1.807, 2.05) is 6.92 Å². The van der Waals surface area contributed by atoms with Gasteiger partial charge in [-0.05, 0) is 80.6 Å². The lowest BCUT2D eigenvalue weighted by atomic mass is 9.84. The zero-order chi connectivity index (χ0) is 25.6. The molecule has 10 nitrogen and oxygen atoms in total. The van der Waals surface area contributed by atoms with Gasteiger partial charge in [0.1, 0.15) is 5.82 Å². The molecule has 4 heterocycles. The second-order valence-electron chi connectivity index (χ2n) is 10.2. The van der Waals surface area contributed by atoms with Crippen LogP contribution in [0.1, 0.15) is 52.0 Å². The maximum Gasteiger partial charge on any atom is 0.368 e. The second-order valence-corrected chi connectivity index (χ2v) is 10.2. The lowest BCUT2D eigenvalue weighted by Crippen LogP contribution is -2.55. The number of nitrogens with one attached hydrogen (secondary N) is 2. The van der Waals surface area contributed by atoms with Crippen LogP contribution in [0.15, 0.2) is 23.1 Å². The highest BCUT2D eigenvalue weighted by molar-refractivity contribution is 5.61. The van der Waals surface area contributed by atoms with Gasteiger partial charge in [0, 0.05) is 24.7 Å². The first-order valence-corrected chi connectivity index (χ1v) is 12.3. The van der Waals surface area contributed by atoms with E-state index >= 15 is 0 Å². The predicted octanol–water partition coefficient (Wildman–Crippen LogP) is 3.16. The van der Waals surface area contributed by atoms with Crippen LogP contribution in [-0.4, -0.2) is 58.8 Å². The minimum atomic E-state index is -0.569. The summed E-state index contributed by atoms with van der Waals surface area (Å²) < 4.78 is 31.8. The third-order valence-corrected chi connectivity index (χ3v) is 7.29. The molecule has 2 unspecified atom stereocenters. The molecule has 2 atom stereocenters. The minimum Gasteiger partial charge on any atom is -0.365 e. The van der Waals surface area contributed by atoms with Gasteiger partial charge in [-0.15, -0.1) is 0 Å². The van der Waals surface area contributed by atoms with Gasteiger partial charge in [-0.25, -0.2) is 18.6 Å². The number of halogens is 2. The van der Waals surface area contributed by atoms with Crippen LogP contribution < -0.4 is 16.3 Å². The van der Waals surface area contributed by atoms with E-state index in [0.29, 0.717) is 23.7 Å². The van der Waals surface area contributed by atoms with Crippen molar-refractivity contribution in [3.63, 3.8) is 0 Å². The lowest BCUT2D eigenvalue weighted by Gasteiger charge is -2.47. The molecule has 12 heteroatoms. The van der Waals surface area contributed by atoms with Gasteiger partial charge in [0.2, 0.25) is 5.95 Å². The van der Waals surface area contributed by atoms with Crippen molar-refractivity contribution in [3.8, 4) is 5.69 Å². The number of benzene rings is 1. The fourth-order valence-electron chi connectivity index (χ4n) is 5.61. The average Bonchev–Trinajstić information content (AvgIpc) is 3.44. The molecule has 0 amide bonds. The summed E-state index contributed by atoms with van der Waals surface area (Å²) in [5, 5.41) is 13.7. The third kappa shape index (κ3) is 4.45. The summed E-state index contributed by atoms with van der Waals surface area (Å²) in [5.74, 6) is -1.00. The van der Waals surface area contributed by atoms with E-state index in [4.69, 9.17) is 0 Å². The van der Waals surface area contributed by atoms with Gasteiger partial charge in [0.25, 0.3) is 0 Å². The van der Waals surface area contributed by atoms with Gasteiger partial charge in [0.15, 0.2) is 11.6 Å². The molecule has 0 aliphatic carbocycles. The number of tetrazole rings is 1. The Morgan fingerprint density at radius 3 is 2.72 bits per heavy atom. The van der Waals surface area contributed by atoms with Gasteiger partial charge in [-0.1, -0.05) is 6.92 Å². The molecule has 1 aromatic carbocycles. The molecule has 2 aliphatic heterocycles. The van der Waals surface area contributed by atoms with Crippen molar-refractivity contribution in [3.05, 3.63) is 46.0 Å². The smallest absolute Gasteiger partial charge is 0.365 e. The third-order valence-electron chi connectivity index (χ3n) is 7.29. The summed E-state index contributed by atoms with van der Waals surface area (Å²) in [6.07, 6.45) is 5.65. The zero-order valence-electron chi connectivity index (χ0n) is 20.9. The van der Waals surface area contributed by atoms with Gasteiger partial charge in [-0.3, -0.25) is 4.90 Å². The number of piperidine rings is 1. The Labute approximate surface area is 207 Å². The molecule has 3 aromatic rings. The van der Waals surface area contributed by atoms with Gasteiger partial charge in [-0.2, -0.15) is 14.3 Å². The molecule has 36 heavy (non-hydrogen) atoms. The maximum absolute atomic E-state index is 14.9. The van der Waals surface area contributed by atoms with E-state index in [1.54, 1.807) is 0 Å². The van der Waals surface area contributed by atoms with E-state index in [2.05, 4.69) is 49.8 Å². The Morgan fingerprint density at radius 2 is 2.00 bits per heavy atom. The quantitative estimate of drug-likeness (QED) is 0.533. The van der Waals surface area contributed by atoms with E-state index in [0.717, 1.165) is 41.4 Å². The van der Waals surface area contributed by atoms with E-state index in [-0.39, 0.29) is 29.0 Å². The Balaban J connectivity index is 1.41. The Morgan fingerprint density at radius 1 is 1.19 bits per heavy atom. The van der Waals surface area contributed by atoms with Crippen molar-refractivity contribution in [2.75, 3.05) is 17.2 Å². The number of anilines is 3. The first kappa shape index (κ1) is 24.3. The summed E-state index contributed by atoms with van der Waals surface area (Å²) >= 11 is 0. The zero-order valence-corrected chi connectivity index (χ0v) is 20.9. The van der Waals surface area contributed by atoms with Crippen molar-refractivity contribution in [1.29, 1.82) is 0 Å². The Kier molecular flexibility index (Phi) is 6.23. The Bertz CT molecular complexity index is 1340.